The van der Waals surface area contributed by atoms with E-state index in [4.69, 9.17) is 29.5 Å². The Bertz CT molecular complexity index is 1560. The van der Waals surface area contributed by atoms with Gasteiger partial charge in [-0.1, -0.05) is 24.3 Å². The molecule has 1 aliphatic heterocycles. The van der Waals surface area contributed by atoms with Gasteiger partial charge in [0.2, 0.25) is 5.95 Å². The molecule has 0 radical (unpaired) electrons. The first-order valence-electron chi connectivity index (χ1n) is 12.2. The maximum atomic E-state index is 13.0. The van der Waals surface area contributed by atoms with Crippen LogP contribution in [0.3, 0.4) is 0 Å². The molecule has 0 bridgehead atoms. The fraction of sp³-hybridized carbons (Fsp3) is 0.269. The Morgan fingerprint density at radius 3 is 2.07 bits per heavy atom. The van der Waals surface area contributed by atoms with Crippen LogP contribution in [0.2, 0.25) is 0 Å². The number of carbonyl (C=O) groups is 3. The Kier molecular flexibility index (Phi) is 10.5. The summed E-state index contributed by atoms with van der Waals surface area (Å²) in [5, 5.41) is 18.3. The summed E-state index contributed by atoms with van der Waals surface area (Å²) < 4.78 is 70.9. The number of aromatic nitrogens is 3. The van der Waals surface area contributed by atoms with E-state index in [1.54, 1.807) is 6.20 Å². The predicted molar refractivity (Wildman–Crippen MR) is 139 cm³/mol. The summed E-state index contributed by atoms with van der Waals surface area (Å²) >= 11 is 0. The van der Waals surface area contributed by atoms with Crippen molar-refractivity contribution >= 4 is 40.2 Å². The molecule has 3 aromatic heterocycles. The fourth-order valence-corrected chi connectivity index (χ4v) is 3.74. The van der Waals surface area contributed by atoms with Crippen molar-refractivity contribution in [1.82, 2.24) is 19.7 Å². The van der Waals surface area contributed by atoms with Crippen LogP contribution in [0.25, 0.3) is 16.4 Å². The number of aliphatic carboxylic acids is 2. The quantitative estimate of drug-likeness (QED) is 0.291. The lowest BCUT2D eigenvalue weighted by atomic mass is 10.1. The first-order valence-corrected chi connectivity index (χ1v) is 12.2. The second-order valence-corrected chi connectivity index (χ2v) is 8.59. The number of alkyl halides is 6. The van der Waals surface area contributed by atoms with E-state index in [0.29, 0.717) is 25.5 Å². The SMILES string of the molecule is O=C(NCc1ccnc2ccccc12)c1nc(N2CCOCC2)n2ccccc12.O=C(O)C(F)(F)F.O=C(O)C(F)(F)F. The molecule has 4 aromatic rings. The van der Waals surface area contributed by atoms with Crippen LogP contribution >= 0.6 is 0 Å². The molecule has 17 heteroatoms. The average molecular weight is 615 g/mol. The molecule has 11 nitrogen and oxygen atoms in total. The number of benzene rings is 1. The van der Waals surface area contributed by atoms with Gasteiger partial charge in [-0.05, 0) is 29.8 Å². The summed E-state index contributed by atoms with van der Waals surface area (Å²) in [5.41, 5.74) is 3.18. The predicted octanol–water partition coefficient (Wildman–Crippen LogP) is 3.92. The second kappa shape index (κ2) is 13.8. The van der Waals surface area contributed by atoms with Crippen LogP contribution in [0.15, 0.2) is 60.9 Å². The number of nitrogens with zero attached hydrogens (tertiary/aromatic N) is 4. The average Bonchev–Trinajstić information content (AvgIpc) is 3.36. The van der Waals surface area contributed by atoms with Crippen molar-refractivity contribution in [2.45, 2.75) is 18.9 Å². The molecule has 4 heterocycles. The molecule has 0 atom stereocenters. The molecular formula is C26H23F6N5O6. The van der Waals surface area contributed by atoms with Gasteiger partial charge in [-0.15, -0.1) is 0 Å². The van der Waals surface area contributed by atoms with Crippen LogP contribution in [-0.4, -0.2) is 81.1 Å². The lowest BCUT2D eigenvalue weighted by molar-refractivity contribution is -0.193. The molecule has 43 heavy (non-hydrogen) atoms. The highest BCUT2D eigenvalue weighted by Crippen LogP contribution is 2.22. The maximum absolute atomic E-state index is 13.0. The number of rotatable bonds is 4. The van der Waals surface area contributed by atoms with E-state index in [2.05, 4.69) is 15.2 Å². The summed E-state index contributed by atoms with van der Waals surface area (Å²) in [6.07, 6.45) is -6.45. The number of morpholine rings is 1. The number of anilines is 1. The van der Waals surface area contributed by atoms with Crippen LogP contribution in [0, 0.1) is 0 Å². The standard InChI is InChI=1S/C22H21N5O2.2C2HF3O2/c28-21(24-15-16-8-9-23-18-6-2-1-5-17(16)18)20-19-7-3-4-10-27(19)22(25-20)26-11-13-29-14-12-26;2*3-2(4,5)1(6)7/h1-10H,11-15H2,(H,24,28);2*(H,6,7). The number of amides is 1. The zero-order valence-electron chi connectivity index (χ0n) is 21.9. The molecule has 1 fully saturated rings. The van der Waals surface area contributed by atoms with Crippen LogP contribution in [0.4, 0.5) is 32.3 Å². The Morgan fingerprint density at radius 1 is 0.884 bits per heavy atom. The highest BCUT2D eigenvalue weighted by molar-refractivity contribution is 6.00. The summed E-state index contributed by atoms with van der Waals surface area (Å²) in [7, 11) is 0. The first-order chi connectivity index (χ1) is 20.2. The monoisotopic (exact) mass is 615 g/mol. The number of pyridine rings is 2. The van der Waals surface area contributed by atoms with Gasteiger partial charge >= 0.3 is 24.3 Å². The molecule has 0 saturated carbocycles. The number of hydrogen-bond acceptors (Lipinski definition) is 7. The third-order valence-corrected chi connectivity index (χ3v) is 5.70. The van der Waals surface area contributed by atoms with E-state index in [9.17, 15) is 31.1 Å². The van der Waals surface area contributed by atoms with E-state index >= 15 is 0 Å². The van der Waals surface area contributed by atoms with E-state index < -0.39 is 24.3 Å². The molecule has 1 saturated heterocycles. The Morgan fingerprint density at radius 2 is 1.47 bits per heavy atom. The zero-order chi connectivity index (χ0) is 31.8. The van der Waals surface area contributed by atoms with Crippen molar-refractivity contribution < 1.29 is 55.7 Å². The molecule has 0 spiro atoms. The molecule has 230 valence electrons. The molecule has 0 aliphatic carbocycles. The number of para-hydroxylation sites is 1. The Balaban J connectivity index is 0.000000303. The molecule has 1 aliphatic rings. The van der Waals surface area contributed by atoms with Crippen LogP contribution in [0.5, 0.6) is 0 Å². The number of halogens is 6. The highest BCUT2D eigenvalue weighted by Gasteiger charge is 2.38. The molecule has 0 unspecified atom stereocenters. The van der Waals surface area contributed by atoms with E-state index in [1.165, 1.54) is 0 Å². The molecular weight excluding hydrogens is 592 g/mol. The minimum Gasteiger partial charge on any atom is -0.475 e. The van der Waals surface area contributed by atoms with E-state index in [-0.39, 0.29) is 5.91 Å². The molecule has 1 aromatic carbocycles. The van der Waals surface area contributed by atoms with Gasteiger partial charge in [0.05, 0.1) is 24.2 Å². The number of carboxylic acid groups (broad SMARTS) is 2. The van der Waals surface area contributed by atoms with Crippen LogP contribution in [-0.2, 0) is 20.9 Å². The largest absolute Gasteiger partial charge is 0.490 e. The lowest BCUT2D eigenvalue weighted by Crippen LogP contribution is -2.37. The number of imidazole rings is 1. The molecule has 5 rings (SSSR count). The number of ether oxygens (including phenoxy) is 1. The summed E-state index contributed by atoms with van der Waals surface area (Å²) in [6, 6.07) is 15.7. The second-order valence-electron chi connectivity index (χ2n) is 8.59. The fourth-order valence-electron chi connectivity index (χ4n) is 3.74. The molecule has 1 amide bonds. The van der Waals surface area contributed by atoms with Crippen LogP contribution < -0.4 is 10.2 Å². The van der Waals surface area contributed by atoms with Gasteiger partial charge in [0.25, 0.3) is 5.91 Å². The van der Waals surface area contributed by atoms with E-state index in [0.717, 1.165) is 41.0 Å². The lowest BCUT2D eigenvalue weighted by Gasteiger charge is -2.27. The van der Waals surface area contributed by atoms with Gasteiger partial charge in [0.1, 0.15) is 0 Å². The molecule has 3 N–H and O–H groups in total. The van der Waals surface area contributed by atoms with Crippen molar-refractivity contribution in [2.24, 2.45) is 0 Å². The van der Waals surface area contributed by atoms with Crippen molar-refractivity contribution in [1.29, 1.82) is 0 Å². The summed E-state index contributed by atoms with van der Waals surface area (Å²) in [4.78, 5) is 42.0. The number of fused-ring (bicyclic) bond motifs is 2. The van der Waals surface area contributed by atoms with Gasteiger partial charge in [-0.2, -0.15) is 26.3 Å². The van der Waals surface area contributed by atoms with E-state index in [1.807, 2.05) is 59.1 Å². The van der Waals surface area contributed by atoms with Gasteiger partial charge in [-0.3, -0.25) is 14.2 Å². The number of hydrogen-bond donors (Lipinski definition) is 3. The Hall–Kier alpha value is -4.93. The van der Waals surface area contributed by atoms with Crippen molar-refractivity contribution in [3.8, 4) is 0 Å². The number of carbonyl (C=O) groups excluding carboxylic acids is 1. The summed E-state index contributed by atoms with van der Waals surface area (Å²) in [5.74, 6) is -4.92. The highest BCUT2D eigenvalue weighted by atomic mass is 19.4. The zero-order valence-corrected chi connectivity index (χ0v) is 21.9. The third kappa shape index (κ3) is 8.78. The topological polar surface area (TPSA) is 146 Å². The van der Waals surface area contributed by atoms with Crippen molar-refractivity contribution in [3.05, 3.63) is 72.2 Å². The van der Waals surface area contributed by atoms with Gasteiger partial charge in [0.15, 0.2) is 5.69 Å². The van der Waals surface area contributed by atoms with Gasteiger partial charge < -0.3 is 25.2 Å². The smallest absolute Gasteiger partial charge is 0.475 e. The van der Waals surface area contributed by atoms with Crippen LogP contribution in [0.1, 0.15) is 16.1 Å². The normalized spacial score (nSPS) is 13.4. The first kappa shape index (κ1) is 32.6. The van der Waals surface area contributed by atoms with Gasteiger partial charge in [-0.25, -0.2) is 14.6 Å². The number of nitrogens with one attached hydrogen (secondary N) is 1. The van der Waals surface area contributed by atoms with Crippen molar-refractivity contribution in [2.75, 3.05) is 31.2 Å². The maximum Gasteiger partial charge on any atom is 0.490 e. The Labute approximate surface area is 238 Å². The van der Waals surface area contributed by atoms with Crippen molar-refractivity contribution in [3.63, 3.8) is 0 Å². The minimum absolute atomic E-state index is 0.186. The number of carboxylic acids is 2. The minimum atomic E-state index is -5.08. The summed E-state index contributed by atoms with van der Waals surface area (Å²) in [6.45, 7) is 3.27. The van der Waals surface area contributed by atoms with Gasteiger partial charge in [0, 0.05) is 37.4 Å². The third-order valence-electron chi connectivity index (χ3n) is 5.70.